The Morgan fingerprint density at radius 1 is 1.16 bits per heavy atom. The van der Waals surface area contributed by atoms with E-state index >= 15 is 0 Å². The Labute approximate surface area is 187 Å². The number of carbonyl (C=O) groups is 4. The van der Waals surface area contributed by atoms with Crippen molar-refractivity contribution in [3.63, 3.8) is 0 Å². The fraction of sp³-hybridized carbons (Fsp3) is 0.545. The SMILES string of the molecule is CCC(C)C(NC(=O)C1CCCN1)C(=O)NCC(=O)NC(Cc1ccc(O)cc1)C(=O)O. The predicted molar refractivity (Wildman–Crippen MR) is 117 cm³/mol. The Kier molecular flexibility index (Phi) is 9.45. The highest BCUT2D eigenvalue weighted by Crippen LogP contribution is 2.12. The van der Waals surface area contributed by atoms with Crippen LogP contribution in [0.4, 0.5) is 0 Å². The van der Waals surface area contributed by atoms with Gasteiger partial charge in [0.2, 0.25) is 17.7 Å². The largest absolute Gasteiger partial charge is 0.508 e. The van der Waals surface area contributed by atoms with E-state index in [0.717, 1.165) is 13.0 Å². The summed E-state index contributed by atoms with van der Waals surface area (Å²) in [6.45, 7) is 4.08. The van der Waals surface area contributed by atoms with Gasteiger partial charge in [-0.3, -0.25) is 14.4 Å². The topological polar surface area (TPSA) is 157 Å². The number of carboxylic acid groups (broad SMARTS) is 1. The highest BCUT2D eigenvalue weighted by atomic mass is 16.4. The number of nitrogens with one attached hydrogen (secondary N) is 4. The zero-order valence-corrected chi connectivity index (χ0v) is 18.4. The molecule has 6 N–H and O–H groups in total. The van der Waals surface area contributed by atoms with Crippen LogP contribution in [0.2, 0.25) is 0 Å². The van der Waals surface area contributed by atoms with E-state index in [2.05, 4.69) is 21.3 Å². The maximum absolute atomic E-state index is 12.7. The van der Waals surface area contributed by atoms with Gasteiger partial charge in [0.25, 0.3) is 0 Å². The van der Waals surface area contributed by atoms with Crippen LogP contribution >= 0.6 is 0 Å². The summed E-state index contributed by atoms with van der Waals surface area (Å²) in [4.78, 5) is 48.9. The minimum Gasteiger partial charge on any atom is -0.508 e. The number of benzene rings is 1. The molecule has 0 aliphatic carbocycles. The van der Waals surface area contributed by atoms with Crippen LogP contribution in [0.3, 0.4) is 0 Å². The van der Waals surface area contributed by atoms with Crippen LogP contribution in [0.1, 0.15) is 38.7 Å². The molecule has 2 rings (SSSR count). The van der Waals surface area contributed by atoms with E-state index in [0.29, 0.717) is 18.4 Å². The highest BCUT2D eigenvalue weighted by Gasteiger charge is 2.30. The third kappa shape index (κ3) is 7.52. The summed E-state index contributed by atoms with van der Waals surface area (Å²) in [5.41, 5.74) is 0.625. The monoisotopic (exact) mass is 448 g/mol. The highest BCUT2D eigenvalue weighted by molar-refractivity contribution is 5.92. The van der Waals surface area contributed by atoms with Crippen LogP contribution in [0.25, 0.3) is 0 Å². The molecule has 0 saturated carbocycles. The van der Waals surface area contributed by atoms with Crippen LogP contribution in [0, 0.1) is 5.92 Å². The van der Waals surface area contributed by atoms with E-state index < -0.39 is 36.4 Å². The second-order valence-electron chi connectivity index (χ2n) is 8.07. The zero-order chi connectivity index (χ0) is 23.7. The summed E-state index contributed by atoms with van der Waals surface area (Å²) in [5.74, 6) is -2.70. The number of phenolic OH excluding ortho intramolecular Hbond substituents is 1. The summed E-state index contributed by atoms with van der Waals surface area (Å²) < 4.78 is 0. The fourth-order valence-electron chi connectivity index (χ4n) is 3.45. The minimum absolute atomic E-state index is 0.0231. The molecule has 0 radical (unpaired) electrons. The van der Waals surface area contributed by atoms with E-state index in [4.69, 9.17) is 0 Å². The molecule has 3 amide bonds. The van der Waals surface area contributed by atoms with Crippen LogP contribution in [-0.4, -0.2) is 65.1 Å². The van der Waals surface area contributed by atoms with Gasteiger partial charge in [0.15, 0.2) is 0 Å². The molecular formula is C22H32N4O6. The Morgan fingerprint density at radius 2 is 1.84 bits per heavy atom. The molecule has 32 heavy (non-hydrogen) atoms. The first-order chi connectivity index (χ1) is 15.2. The average Bonchev–Trinajstić information content (AvgIpc) is 3.31. The molecule has 1 aromatic carbocycles. The van der Waals surface area contributed by atoms with Crippen LogP contribution in [-0.2, 0) is 25.6 Å². The molecule has 0 spiro atoms. The van der Waals surface area contributed by atoms with Gasteiger partial charge in [0, 0.05) is 6.42 Å². The smallest absolute Gasteiger partial charge is 0.326 e. The summed E-state index contributed by atoms with van der Waals surface area (Å²) in [5, 5.41) is 29.5. The number of phenols is 1. The van der Waals surface area contributed by atoms with Gasteiger partial charge in [-0.15, -0.1) is 0 Å². The van der Waals surface area contributed by atoms with Crippen molar-refractivity contribution in [1.29, 1.82) is 0 Å². The van der Waals surface area contributed by atoms with E-state index in [9.17, 15) is 29.4 Å². The standard InChI is InChI=1S/C22H32N4O6/c1-3-13(2)19(26-20(29)16-5-4-10-23-16)21(30)24-12-18(28)25-17(22(31)32)11-14-6-8-15(27)9-7-14/h6-9,13,16-17,19,23,27H,3-5,10-12H2,1-2H3,(H,24,30)(H,25,28)(H,26,29)(H,31,32). The summed E-state index contributed by atoms with van der Waals surface area (Å²) in [7, 11) is 0. The molecular weight excluding hydrogens is 416 g/mol. The molecule has 1 fully saturated rings. The molecule has 1 saturated heterocycles. The number of rotatable bonds is 11. The Bertz CT molecular complexity index is 807. The van der Waals surface area contributed by atoms with Gasteiger partial charge in [-0.05, 0) is 43.0 Å². The molecule has 1 heterocycles. The lowest BCUT2D eigenvalue weighted by Crippen LogP contribution is -2.55. The van der Waals surface area contributed by atoms with Gasteiger partial charge in [-0.25, -0.2) is 4.79 Å². The number of aliphatic carboxylic acids is 1. The first kappa shape index (κ1) is 25.1. The van der Waals surface area contributed by atoms with Crippen molar-refractivity contribution in [2.45, 2.75) is 57.7 Å². The lowest BCUT2D eigenvalue weighted by atomic mass is 9.97. The zero-order valence-electron chi connectivity index (χ0n) is 18.4. The number of amides is 3. The molecule has 10 nitrogen and oxygen atoms in total. The van der Waals surface area contributed by atoms with Crippen molar-refractivity contribution in [2.24, 2.45) is 5.92 Å². The molecule has 1 aromatic rings. The van der Waals surface area contributed by atoms with Crippen LogP contribution in [0.5, 0.6) is 5.75 Å². The van der Waals surface area contributed by atoms with E-state index in [1.54, 1.807) is 12.1 Å². The molecule has 0 aromatic heterocycles. The third-order valence-corrected chi connectivity index (χ3v) is 5.60. The van der Waals surface area contributed by atoms with Crippen molar-refractivity contribution in [3.05, 3.63) is 29.8 Å². The lowest BCUT2D eigenvalue weighted by molar-refractivity contribution is -0.141. The van der Waals surface area contributed by atoms with Gasteiger partial charge >= 0.3 is 5.97 Å². The molecule has 1 aliphatic rings. The summed E-state index contributed by atoms with van der Waals surface area (Å²) >= 11 is 0. The van der Waals surface area contributed by atoms with Crippen LogP contribution in [0.15, 0.2) is 24.3 Å². The normalized spacial score (nSPS) is 18.2. The fourth-order valence-corrected chi connectivity index (χ4v) is 3.45. The van der Waals surface area contributed by atoms with E-state index in [-0.39, 0.29) is 30.0 Å². The molecule has 1 aliphatic heterocycles. The molecule has 0 bridgehead atoms. The van der Waals surface area contributed by atoms with Gasteiger partial charge in [-0.1, -0.05) is 32.4 Å². The number of carbonyl (C=O) groups excluding carboxylic acids is 3. The molecule has 4 unspecified atom stereocenters. The minimum atomic E-state index is -1.22. The first-order valence-corrected chi connectivity index (χ1v) is 10.8. The van der Waals surface area contributed by atoms with Crippen molar-refractivity contribution < 1.29 is 29.4 Å². The molecule has 10 heteroatoms. The summed E-state index contributed by atoms with van der Waals surface area (Å²) in [6, 6.07) is 3.68. The molecule has 176 valence electrons. The second-order valence-corrected chi connectivity index (χ2v) is 8.07. The van der Waals surface area contributed by atoms with Gasteiger partial charge in [0.1, 0.15) is 17.8 Å². The number of aromatic hydroxyl groups is 1. The quantitative estimate of drug-likeness (QED) is 0.276. The van der Waals surface area contributed by atoms with Gasteiger partial charge in [0.05, 0.1) is 12.6 Å². The van der Waals surface area contributed by atoms with Crippen LogP contribution < -0.4 is 21.3 Å². The molecule has 4 atom stereocenters. The third-order valence-electron chi connectivity index (χ3n) is 5.60. The predicted octanol–water partition coefficient (Wildman–Crippen LogP) is -0.0968. The summed E-state index contributed by atoms with van der Waals surface area (Å²) in [6.07, 6.45) is 2.28. The second kappa shape index (κ2) is 12.0. The Balaban J connectivity index is 1.90. The van der Waals surface area contributed by atoms with E-state index in [1.165, 1.54) is 12.1 Å². The Hall–Kier alpha value is -3.14. The average molecular weight is 449 g/mol. The van der Waals surface area contributed by atoms with Gasteiger partial charge < -0.3 is 31.5 Å². The van der Waals surface area contributed by atoms with E-state index in [1.807, 2.05) is 13.8 Å². The number of hydrogen-bond donors (Lipinski definition) is 6. The first-order valence-electron chi connectivity index (χ1n) is 10.8. The van der Waals surface area contributed by atoms with Gasteiger partial charge in [-0.2, -0.15) is 0 Å². The van der Waals surface area contributed by atoms with Crippen molar-refractivity contribution in [1.82, 2.24) is 21.3 Å². The Morgan fingerprint density at radius 3 is 2.41 bits per heavy atom. The van der Waals surface area contributed by atoms with Crippen molar-refractivity contribution in [3.8, 4) is 5.75 Å². The van der Waals surface area contributed by atoms with Crippen molar-refractivity contribution in [2.75, 3.05) is 13.1 Å². The maximum atomic E-state index is 12.7. The number of hydrogen-bond acceptors (Lipinski definition) is 6. The van der Waals surface area contributed by atoms with Crippen molar-refractivity contribution >= 4 is 23.7 Å². The maximum Gasteiger partial charge on any atom is 0.326 e. The lowest BCUT2D eigenvalue weighted by Gasteiger charge is -2.25. The number of carboxylic acids is 1.